The highest BCUT2D eigenvalue weighted by Gasteiger charge is 2.28. The maximum absolute atomic E-state index is 6.17. The monoisotopic (exact) mass is 184 g/mol. The summed E-state index contributed by atoms with van der Waals surface area (Å²) in [4.78, 5) is 0. The molecule has 0 amide bonds. The van der Waals surface area contributed by atoms with Crippen molar-refractivity contribution in [3.05, 3.63) is 18.0 Å². The zero-order chi connectivity index (χ0) is 8.55. The quantitative estimate of drug-likeness (QED) is 0.613. The van der Waals surface area contributed by atoms with Crippen molar-refractivity contribution in [1.29, 1.82) is 0 Å². The van der Waals surface area contributed by atoms with Crippen LogP contribution in [-0.2, 0) is 7.05 Å². The summed E-state index contributed by atoms with van der Waals surface area (Å²) in [6.45, 7) is 0. The Morgan fingerprint density at radius 2 is 2.42 bits per heavy atom. The first-order valence-corrected chi connectivity index (χ1v) is 4.84. The van der Waals surface area contributed by atoms with Gasteiger partial charge in [0.15, 0.2) is 0 Å². The minimum Gasteiger partial charge on any atom is -0.276 e. The van der Waals surface area contributed by atoms with E-state index in [9.17, 15) is 0 Å². The van der Waals surface area contributed by atoms with Gasteiger partial charge in [-0.1, -0.05) is 6.42 Å². The molecule has 0 saturated heterocycles. The molecule has 2 rings (SSSR count). The molecule has 1 aliphatic rings. The molecule has 1 aromatic heterocycles. The third kappa shape index (κ3) is 1.36. The first-order valence-electron chi connectivity index (χ1n) is 4.41. The fourth-order valence-corrected chi connectivity index (χ4v) is 2.29. The van der Waals surface area contributed by atoms with Crippen LogP contribution in [0, 0.1) is 0 Å². The summed E-state index contributed by atoms with van der Waals surface area (Å²) in [5.41, 5.74) is 1.16. The van der Waals surface area contributed by atoms with E-state index in [1.54, 1.807) is 0 Å². The van der Waals surface area contributed by atoms with Crippen LogP contribution in [-0.4, -0.2) is 15.2 Å². The number of hydrogen-bond acceptors (Lipinski definition) is 1. The van der Waals surface area contributed by atoms with Gasteiger partial charge in [0.05, 0.1) is 5.69 Å². The van der Waals surface area contributed by atoms with Gasteiger partial charge in [-0.15, -0.1) is 11.6 Å². The number of aromatic nitrogens is 2. The van der Waals surface area contributed by atoms with E-state index in [1.165, 1.54) is 12.8 Å². The Kier molecular flexibility index (Phi) is 2.09. The maximum Gasteiger partial charge on any atom is 0.0670 e. The lowest BCUT2D eigenvalue weighted by molar-refractivity contribution is 0.662. The molecule has 0 aliphatic heterocycles. The molecule has 0 radical (unpaired) electrons. The molecule has 0 aromatic carbocycles. The second kappa shape index (κ2) is 3.09. The van der Waals surface area contributed by atoms with Crippen molar-refractivity contribution in [2.75, 3.05) is 0 Å². The summed E-state index contributed by atoms with van der Waals surface area (Å²) < 4.78 is 1.84. The van der Waals surface area contributed by atoms with Crippen LogP contribution in [0.2, 0.25) is 0 Å². The largest absolute Gasteiger partial charge is 0.276 e. The summed E-state index contributed by atoms with van der Waals surface area (Å²) in [6, 6.07) is 2.07. The van der Waals surface area contributed by atoms with E-state index >= 15 is 0 Å². The third-order valence-corrected chi connectivity index (χ3v) is 3.07. The van der Waals surface area contributed by atoms with Crippen molar-refractivity contribution in [3.63, 3.8) is 0 Å². The van der Waals surface area contributed by atoms with Gasteiger partial charge < -0.3 is 0 Å². The molecule has 1 aromatic rings. The Hall–Kier alpha value is -0.500. The van der Waals surface area contributed by atoms with E-state index in [-0.39, 0.29) is 0 Å². The standard InChI is InChI=1S/C9H13ClN2/c1-12-6-5-9(11-12)7-3-2-4-8(7)10/h5-8H,2-4H2,1H3. The van der Waals surface area contributed by atoms with E-state index in [0.29, 0.717) is 11.3 Å². The Morgan fingerprint density at radius 3 is 2.92 bits per heavy atom. The zero-order valence-corrected chi connectivity index (χ0v) is 7.96. The van der Waals surface area contributed by atoms with Crippen LogP contribution in [0.1, 0.15) is 30.9 Å². The summed E-state index contributed by atoms with van der Waals surface area (Å²) in [5.74, 6) is 0.493. The van der Waals surface area contributed by atoms with E-state index in [0.717, 1.165) is 12.1 Å². The number of hydrogen-bond donors (Lipinski definition) is 0. The molecule has 1 saturated carbocycles. The summed E-state index contributed by atoms with van der Waals surface area (Å²) in [5, 5.41) is 4.68. The van der Waals surface area contributed by atoms with Gasteiger partial charge in [0.25, 0.3) is 0 Å². The molecule has 1 aliphatic carbocycles. The van der Waals surface area contributed by atoms with Gasteiger partial charge in [-0.3, -0.25) is 4.68 Å². The van der Waals surface area contributed by atoms with Crippen molar-refractivity contribution in [2.24, 2.45) is 7.05 Å². The number of aryl methyl sites for hydroxylation is 1. The topological polar surface area (TPSA) is 17.8 Å². The average Bonchev–Trinajstić information content (AvgIpc) is 2.58. The molecule has 2 atom stereocenters. The number of halogens is 1. The molecule has 2 nitrogen and oxygen atoms in total. The van der Waals surface area contributed by atoms with Gasteiger partial charge in [0, 0.05) is 24.5 Å². The van der Waals surface area contributed by atoms with Gasteiger partial charge in [-0.25, -0.2) is 0 Å². The average molecular weight is 185 g/mol. The van der Waals surface area contributed by atoms with Crippen LogP contribution >= 0.6 is 11.6 Å². The molecule has 12 heavy (non-hydrogen) atoms. The minimum absolute atomic E-state index is 0.305. The summed E-state index contributed by atoms with van der Waals surface area (Å²) in [6.07, 6.45) is 5.57. The smallest absolute Gasteiger partial charge is 0.0670 e. The summed E-state index contributed by atoms with van der Waals surface area (Å²) >= 11 is 6.17. The van der Waals surface area contributed by atoms with Crippen LogP contribution in [0.15, 0.2) is 12.3 Å². The van der Waals surface area contributed by atoms with Crippen molar-refractivity contribution < 1.29 is 0 Å². The van der Waals surface area contributed by atoms with Crippen LogP contribution in [0.5, 0.6) is 0 Å². The van der Waals surface area contributed by atoms with Crippen LogP contribution in [0.25, 0.3) is 0 Å². The van der Waals surface area contributed by atoms with Gasteiger partial charge in [0.1, 0.15) is 0 Å². The number of alkyl halides is 1. The van der Waals surface area contributed by atoms with E-state index in [1.807, 2.05) is 17.9 Å². The van der Waals surface area contributed by atoms with Gasteiger partial charge in [-0.05, 0) is 18.9 Å². The first kappa shape index (κ1) is 8.11. The Labute approximate surface area is 77.5 Å². The molecular weight excluding hydrogens is 172 g/mol. The van der Waals surface area contributed by atoms with Gasteiger partial charge in [0.2, 0.25) is 0 Å². The van der Waals surface area contributed by atoms with Crippen LogP contribution < -0.4 is 0 Å². The lowest BCUT2D eigenvalue weighted by Gasteiger charge is -2.09. The fraction of sp³-hybridized carbons (Fsp3) is 0.667. The Balaban J connectivity index is 2.19. The highest BCUT2D eigenvalue weighted by Crippen LogP contribution is 2.36. The predicted molar refractivity (Wildman–Crippen MR) is 49.4 cm³/mol. The SMILES string of the molecule is Cn1ccc(C2CCCC2Cl)n1. The van der Waals surface area contributed by atoms with Gasteiger partial charge in [-0.2, -0.15) is 5.10 Å². The molecule has 1 heterocycles. The molecule has 3 heteroatoms. The molecule has 66 valence electrons. The molecule has 0 N–H and O–H groups in total. The predicted octanol–water partition coefficient (Wildman–Crippen LogP) is 2.29. The summed E-state index contributed by atoms with van der Waals surface area (Å²) in [7, 11) is 1.95. The first-order chi connectivity index (χ1) is 5.77. The number of nitrogens with zero attached hydrogens (tertiary/aromatic N) is 2. The highest BCUT2D eigenvalue weighted by atomic mass is 35.5. The van der Waals surface area contributed by atoms with E-state index in [4.69, 9.17) is 11.6 Å². The van der Waals surface area contributed by atoms with Gasteiger partial charge >= 0.3 is 0 Å². The normalized spacial score (nSPS) is 29.5. The lowest BCUT2D eigenvalue weighted by Crippen LogP contribution is -2.06. The van der Waals surface area contributed by atoms with E-state index < -0.39 is 0 Å². The number of rotatable bonds is 1. The van der Waals surface area contributed by atoms with E-state index in [2.05, 4.69) is 11.2 Å². The molecule has 1 fully saturated rings. The molecular formula is C9H13ClN2. The van der Waals surface area contributed by atoms with Crippen LogP contribution in [0.4, 0.5) is 0 Å². The minimum atomic E-state index is 0.305. The molecule has 0 spiro atoms. The zero-order valence-electron chi connectivity index (χ0n) is 7.20. The third-order valence-electron chi connectivity index (χ3n) is 2.55. The second-order valence-corrected chi connectivity index (χ2v) is 4.03. The van der Waals surface area contributed by atoms with Crippen molar-refractivity contribution in [2.45, 2.75) is 30.6 Å². The molecule has 0 bridgehead atoms. The fourth-order valence-electron chi connectivity index (χ4n) is 1.88. The maximum atomic E-state index is 6.17. The van der Waals surface area contributed by atoms with Crippen molar-refractivity contribution in [3.8, 4) is 0 Å². The molecule has 2 unspecified atom stereocenters. The lowest BCUT2D eigenvalue weighted by atomic mass is 10.0. The Morgan fingerprint density at radius 1 is 1.58 bits per heavy atom. The Bertz CT molecular complexity index is 269. The van der Waals surface area contributed by atoms with Crippen molar-refractivity contribution in [1.82, 2.24) is 9.78 Å². The highest BCUT2D eigenvalue weighted by molar-refractivity contribution is 6.21. The van der Waals surface area contributed by atoms with Crippen LogP contribution in [0.3, 0.4) is 0 Å². The van der Waals surface area contributed by atoms with Crippen molar-refractivity contribution >= 4 is 11.6 Å². The second-order valence-electron chi connectivity index (χ2n) is 3.47.